The Labute approximate surface area is 90.3 Å². The van der Waals surface area contributed by atoms with Crippen molar-refractivity contribution < 1.29 is 5.11 Å². The summed E-state index contributed by atoms with van der Waals surface area (Å²) in [5.74, 6) is 0.672. The van der Waals surface area contributed by atoms with E-state index in [4.69, 9.17) is 0 Å². The minimum absolute atomic E-state index is 0.0878. The Kier molecular flexibility index (Phi) is 2.08. The lowest BCUT2D eigenvalue weighted by Gasteiger charge is -2.31. The van der Waals surface area contributed by atoms with E-state index in [9.17, 15) is 5.11 Å². The number of hydrogen-bond donors (Lipinski definition) is 2. The lowest BCUT2D eigenvalue weighted by atomic mass is 9.77. The van der Waals surface area contributed by atoms with Crippen LogP contribution in [0.1, 0.15) is 29.9 Å². The molecular formula is C13H17NO. The Balaban J connectivity index is 1.59. The molecule has 0 heterocycles. The number of rotatable bonds is 4. The van der Waals surface area contributed by atoms with Crippen molar-refractivity contribution in [3.63, 3.8) is 0 Å². The lowest BCUT2D eigenvalue weighted by Crippen LogP contribution is -2.39. The fraction of sp³-hybridized carbons (Fsp3) is 0.538. The average Bonchev–Trinajstić information content (AvgIpc) is 3.00. The highest BCUT2D eigenvalue weighted by atomic mass is 16.3. The molecule has 1 atom stereocenters. The van der Waals surface area contributed by atoms with Gasteiger partial charge in [-0.2, -0.15) is 0 Å². The monoisotopic (exact) mass is 203 g/mol. The van der Waals surface area contributed by atoms with E-state index in [2.05, 4.69) is 29.6 Å². The first kappa shape index (κ1) is 9.37. The molecule has 0 amide bonds. The second-order valence-corrected chi connectivity index (χ2v) is 4.92. The lowest BCUT2D eigenvalue weighted by molar-refractivity contribution is 0.227. The molecule has 0 saturated heterocycles. The maximum absolute atomic E-state index is 9.19. The van der Waals surface area contributed by atoms with Crippen molar-refractivity contribution in [2.75, 3.05) is 13.2 Å². The van der Waals surface area contributed by atoms with Crippen LogP contribution in [0.5, 0.6) is 0 Å². The van der Waals surface area contributed by atoms with Gasteiger partial charge in [0, 0.05) is 18.0 Å². The number of aliphatic hydroxyl groups is 1. The van der Waals surface area contributed by atoms with Gasteiger partial charge in [-0.05, 0) is 30.4 Å². The quantitative estimate of drug-likeness (QED) is 0.776. The fourth-order valence-corrected chi connectivity index (χ4v) is 2.43. The molecule has 1 fully saturated rings. The molecule has 0 radical (unpaired) electrons. The smallest absolute Gasteiger partial charge is 0.0613 e. The Morgan fingerprint density at radius 2 is 2.13 bits per heavy atom. The van der Waals surface area contributed by atoms with Crippen LogP contribution in [0.25, 0.3) is 0 Å². The number of benzene rings is 1. The predicted molar refractivity (Wildman–Crippen MR) is 59.9 cm³/mol. The van der Waals surface area contributed by atoms with Crippen LogP contribution in [0, 0.1) is 0 Å². The van der Waals surface area contributed by atoms with Crippen LogP contribution >= 0.6 is 0 Å². The van der Waals surface area contributed by atoms with Gasteiger partial charge in [0.1, 0.15) is 0 Å². The first-order valence-corrected chi connectivity index (χ1v) is 5.77. The number of fused-ring (bicyclic) bond motifs is 1. The summed E-state index contributed by atoms with van der Waals surface area (Å²) >= 11 is 0. The molecule has 15 heavy (non-hydrogen) atoms. The fourth-order valence-electron chi connectivity index (χ4n) is 2.43. The second kappa shape index (κ2) is 3.32. The highest BCUT2D eigenvalue weighted by molar-refractivity contribution is 5.40. The molecule has 0 spiro atoms. The van der Waals surface area contributed by atoms with Gasteiger partial charge in [-0.25, -0.2) is 0 Å². The molecule has 0 aliphatic heterocycles. The van der Waals surface area contributed by atoms with Gasteiger partial charge >= 0.3 is 0 Å². The van der Waals surface area contributed by atoms with Crippen molar-refractivity contribution in [2.24, 2.45) is 0 Å². The van der Waals surface area contributed by atoms with Gasteiger partial charge in [0.05, 0.1) is 6.61 Å². The van der Waals surface area contributed by atoms with Crippen LogP contribution in [0.3, 0.4) is 0 Å². The van der Waals surface area contributed by atoms with Crippen molar-refractivity contribution in [3.05, 3.63) is 35.4 Å². The van der Waals surface area contributed by atoms with Gasteiger partial charge in [0.25, 0.3) is 0 Å². The summed E-state index contributed by atoms with van der Waals surface area (Å²) in [6, 6.07) is 8.66. The van der Waals surface area contributed by atoms with Crippen LogP contribution in [-0.2, 0) is 6.42 Å². The Morgan fingerprint density at radius 1 is 1.33 bits per heavy atom. The molecule has 1 aromatic rings. The van der Waals surface area contributed by atoms with Gasteiger partial charge in [0.15, 0.2) is 0 Å². The standard InChI is InChI=1S/C13H17NO/c15-9-13(5-6-13)14-8-11-7-10-3-1-2-4-12(10)11/h1-4,11,14-15H,5-9H2. The largest absolute Gasteiger partial charge is 0.394 e. The van der Waals surface area contributed by atoms with Crippen molar-refractivity contribution >= 4 is 0 Å². The van der Waals surface area contributed by atoms with Crippen molar-refractivity contribution in [1.82, 2.24) is 5.32 Å². The van der Waals surface area contributed by atoms with E-state index in [1.54, 1.807) is 0 Å². The molecule has 1 unspecified atom stereocenters. The molecule has 2 aliphatic carbocycles. The third-order valence-corrected chi connectivity index (χ3v) is 3.84. The molecular weight excluding hydrogens is 186 g/mol. The molecule has 1 saturated carbocycles. The van der Waals surface area contributed by atoms with Gasteiger partial charge in [0.2, 0.25) is 0 Å². The number of nitrogens with one attached hydrogen (secondary N) is 1. The Morgan fingerprint density at radius 3 is 2.80 bits per heavy atom. The van der Waals surface area contributed by atoms with Gasteiger partial charge < -0.3 is 10.4 Å². The average molecular weight is 203 g/mol. The van der Waals surface area contributed by atoms with E-state index in [1.165, 1.54) is 17.5 Å². The third kappa shape index (κ3) is 1.58. The summed E-state index contributed by atoms with van der Waals surface area (Å²) in [6.45, 7) is 1.32. The summed E-state index contributed by atoms with van der Waals surface area (Å²) in [5, 5.41) is 12.7. The number of hydrogen-bond acceptors (Lipinski definition) is 2. The van der Waals surface area contributed by atoms with Crippen LogP contribution < -0.4 is 5.32 Å². The Hall–Kier alpha value is -0.860. The predicted octanol–water partition coefficient (Wildman–Crippen LogP) is 1.44. The first-order chi connectivity index (χ1) is 7.33. The van der Waals surface area contributed by atoms with E-state index in [0.29, 0.717) is 12.5 Å². The van der Waals surface area contributed by atoms with Crippen LogP contribution in [-0.4, -0.2) is 23.8 Å². The van der Waals surface area contributed by atoms with E-state index >= 15 is 0 Å². The van der Waals surface area contributed by atoms with Crippen molar-refractivity contribution in [1.29, 1.82) is 0 Å². The summed E-state index contributed by atoms with van der Waals surface area (Å²) in [4.78, 5) is 0. The minimum Gasteiger partial charge on any atom is -0.394 e. The zero-order valence-electron chi connectivity index (χ0n) is 8.87. The Bertz CT molecular complexity index is 371. The van der Waals surface area contributed by atoms with Crippen LogP contribution in [0.15, 0.2) is 24.3 Å². The second-order valence-electron chi connectivity index (χ2n) is 4.92. The zero-order chi connectivity index (χ0) is 10.3. The summed E-state index contributed by atoms with van der Waals surface area (Å²) in [6.07, 6.45) is 3.47. The van der Waals surface area contributed by atoms with Gasteiger partial charge in [-0.1, -0.05) is 24.3 Å². The van der Waals surface area contributed by atoms with E-state index in [1.807, 2.05) is 0 Å². The zero-order valence-corrected chi connectivity index (χ0v) is 8.87. The van der Waals surface area contributed by atoms with Crippen molar-refractivity contribution in [3.8, 4) is 0 Å². The maximum atomic E-state index is 9.19. The molecule has 2 N–H and O–H groups in total. The van der Waals surface area contributed by atoms with Crippen LogP contribution in [0.4, 0.5) is 0 Å². The van der Waals surface area contributed by atoms with E-state index in [-0.39, 0.29) is 5.54 Å². The maximum Gasteiger partial charge on any atom is 0.0613 e. The normalized spacial score (nSPS) is 25.5. The van der Waals surface area contributed by atoms with E-state index < -0.39 is 0 Å². The summed E-state index contributed by atoms with van der Waals surface area (Å²) in [7, 11) is 0. The molecule has 80 valence electrons. The van der Waals surface area contributed by atoms with Gasteiger partial charge in [-0.3, -0.25) is 0 Å². The highest BCUT2D eigenvalue weighted by Crippen LogP contribution is 2.38. The minimum atomic E-state index is 0.0878. The summed E-state index contributed by atoms with van der Waals surface area (Å²) < 4.78 is 0. The molecule has 2 nitrogen and oxygen atoms in total. The molecule has 3 rings (SSSR count). The third-order valence-electron chi connectivity index (χ3n) is 3.84. The molecule has 1 aromatic carbocycles. The highest BCUT2D eigenvalue weighted by Gasteiger charge is 2.42. The topological polar surface area (TPSA) is 32.3 Å². The molecule has 0 bridgehead atoms. The molecule has 0 aromatic heterocycles. The molecule has 2 aliphatic rings. The SMILES string of the molecule is OCC1(NCC2Cc3ccccc32)CC1. The number of aliphatic hydroxyl groups excluding tert-OH is 1. The first-order valence-electron chi connectivity index (χ1n) is 5.77. The van der Waals surface area contributed by atoms with Crippen molar-refractivity contribution in [2.45, 2.75) is 30.7 Å². The van der Waals surface area contributed by atoms with Crippen LogP contribution in [0.2, 0.25) is 0 Å². The van der Waals surface area contributed by atoms with E-state index in [0.717, 1.165) is 19.4 Å². The van der Waals surface area contributed by atoms with Gasteiger partial charge in [-0.15, -0.1) is 0 Å². The molecule has 2 heteroatoms. The summed E-state index contributed by atoms with van der Waals surface area (Å²) in [5.41, 5.74) is 3.08.